The Morgan fingerprint density at radius 1 is 0.458 bits per heavy atom. The Morgan fingerprint density at radius 3 is 1.12 bits per heavy atom. The summed E-state index contributed by atoms with van der Waals surface area (Å²) in [6, 6.07) is 20.5. The smallest absolute Gasteiger partial charge is 0.550 e. The fraction of sp³-hybridized carbons (Fsp3) is 0.720. The molecule has 0 aliphatic heterocycles. The third kappa shape index (κ3) is 38.2. The van der Waals surface area contributed by atoms with Crippen LogP contribution in [0.25, 0.3) is 0 Å². The van der Waals surface area contributed by atoms with Gasteiger partial charge in [0, 0.05) is 11.9 Å². The summed E-state index contributed by atoms with van der Waals surface area (Å²) in [4.78, 5) is 20.8. The molecule has 0 heterocycles. The minimum absolute atomic E-state index is 0. The van der Waals surface area contributed by atoms with E-state index in [2.05, 4.69) is 38.1 Å². The van der Waals surface area contributed by atoms with Crippen molar-refractivity contribution >= 4 is 60.8 Å². The molecule has 4 atom stereocenters. The standard InChI is InChI=1S/2C25H42O4.Ba/c2*1-2-3-4-5-12-17-24(29-21-22-14-9-8-10-15-22)20-19-23(26)16-11-6-7-13-18-25(27)28;/h2*8-10,14-15,23-24,26H,2-7,11-13,16-21H2,1H3,(H,27,28);/q;;+2/p-2. The zero-order chi connectivity index (χ0) is 42.3. The SMILES string of the molecule is CCCCCCCC(CCC(O)CCCCCCC(=O)[O-])OCc1ccccc1.CCCCCCCC(CCC(O)CCCCCCC(=O)[O-])OCc1ccccc1.[Ba+2]. The van der Waals surface area contributed by atoms with Gasteiger partial charge in [-0.25, -0.2) is 0 Å². The molecule has 0 spiro atoms. The number of rotatable bonds is 38. The Kier molecular flexibility index (Phi) is 41.2. The van der Waals surface area contributed by atoms with E-state index in [0.717, 1.165) is 89.9 Å². The summed E-state index contributed by atoms with van der Waals surface area (Å²) in [5.74, 6) is -1.94. The monoisotopic (exact) mass is 949 g/mol. The molecule has 8 nitrogen and oxygen atoms in total. The van der Waals surface area contributed by atoms with Crippen molar-refractivity contribution < 1.29 is 39.5 Å². The third-order valence-electron chi connectivity index (χ3n) is 10.9. The molecule has 0 amide bonds. The average molecular weight is 949 g/mol. The largest absolute Gasteiger partial charge is 2.00 e. The first-order valence-electron chi connectivity index (χ1n) is 23.3. The Balaban J connectivity index is 0.00000112. The number of carbonyl (C=O) groups excluding carboxylic acids is 2. The first-order valence-corrected chi connectivity index (χ1v) is 23.3. The summed E-state index contributed by atoms with van der Waals surface area (Å²) in [5, 5.41) is 41.4. The van der Waals surface area contributed by atoms with Gasteiger partial charge in [-0.05, 0) is 88.2 Å². The topological polar surface area (TPSA) is 139 Å². The molecule has 0 radical (unpaired) electrons. The zero-order valence-electron chi connectivity index (χ0n) is 37.3. The molecule has 0 saturated carbocycles. The van der Waals surface area contributed by atoms with E-state index in [0.29, 0.717) is 26.1 Å². The van der Waals surface area contributed by atoms with Gasteiger partial charge in [0.15, 0.2) is 0 Å². The quantitative estimate of drug-likeness (QED) is 0.0501. The van der Waals surface area contributed by atoms with Crippen LogP contribution >= 0.6 is 0 Å². The van der Waals surface area contributed by atoms with E-state index >= 15 is 0 Å². The number of hydrogen-bond acceptors (Lipinski definition) is 8. The number of benzene rings is 2. The number of unbranched alkanes of at least 4 members (excludes halogenated alkanes) is 14. The predicted molar refractivity (Wildman–Crippen MR) is 238 cm³/mol. The first-order chi connectivity index (χ1) is 28.2. The molecule has 0 aromatic heterocycles. The molecule has 2 aromatic rings. The summed E-state index contributed by atoms with van der Waals surface area (Å²) < 4.78 is 12.4. The van der Waals surface area contributed by atoms with E-state index in [1.807, 2.05) is 36.4 Å². The van der Waals surface area contributed by atoms with Crippen LogP contribution in [0.3, 0.4) is 0 Å². The van der Waals surface area contributed by atoms with Crippen molar-refractivity contribution in [1.82, 2.24) is 0 Å². The van der Waals surface area contributed by atoms with E-state index < -0.39 is 11.9 Å². The zero-order valence-corrected chi connectivity index (χ0v) is 41.8. The number of carbonyl (C=O) groups is 2. The third-order valence-corrected chi connectivity index (χ3v) is 10.9. The second-order valence-electron chi connectivity index (χ2n) is 16.4. The van der Waals surface area contributed by atoms with Crippen LogP contribution < -0.4 is 10.2 Å². The van der Waals surface area contributed by atoms with Gasteiger partial charge < -0.3 is 39.5 Å². The number of carboxylic acids is 2. The van der Waals surface area contributed by atoms with Gasteiger partial charge >= 0.3 is 48.9 Å². The number of aliphatic hydroxyl groups is 2. The molecule has 0 bridgehead atoms. The van der Waals surface area contributed by atoms with Gasteiger partial charge in [-0.15, -0.1) is 0 Å². The van der Waals surface area contributed by atoms with Crippen molar-refractivity contribution in [2.45, 2.75) is 231 Å². The number of ether oxygens (including phenoxy) is 2. The van der Waals surface area contributed by atoms with Crippen molar-refractivity contribution in [3.05, 3.63) is 71.8 Å². The Labute approximate surface area is 400 Å². The summed E-state index contributed by atoms with van der Waals surface area (Å²) in [6.07, 6.45) is 26.7. The molecule has 4 unspecified atom stereocenters. The van der Waals surface area contributed by atoms with Gasteiger partial charge in [0.25, 0.3) is 0 Å². The molecule has 9 heteroatoms. The van der Waals surface area contributed by atoms with Crippen LogP contribution in [0.15, 0.2) is 60.7 Å². The van der Waals surface area contributed by atoms with Crippen molar-refractivity contribution in [2.24, 2.45) is 0 Å². The van der Waals surface area contributed by atoms with Gasteiger partial charge in [-0.2, -0.15) is 0 Å². The number of carboxylic acid groups (broad SMARTS) is 2. The van der Waals surface area contributed by atoms with Crippen LogP contribution in [0.5, 0.6) is 0 Å². The average Bonchev–Trinajstić information content (AvgIpc) is 3.22. The second-order valence-corrected chi connectivity index (χ2v) is 16.4. The van der Waals surface area contributed by atoms with E-state index in [9.17, 15) is 30.0 Å². The van der Waals surface area contributed by atoms with Crippen LogP contribution in [0.4, 0.5) is 0 Å². The van der Waals surface area contributed by atoms with Gasteiger partial charge in [0.1, 0.15) is 0 Å². The number of aliphatic hydroxyl groups excluding tert-OH is 2. The molecule has 2 aromatic carbocycles. The van der Waals surface area contributed by atoms with Crippen molar-refractivity contribution in [3.8, 4) is 0 Å². The van der Waals surface area contributed by atoms with E-state index in [-0.39, 0.29) is 86.1 Å². The van der Waals surface area contributed by atoms with Crippen molar-refractivity contribution in [1.29, 1.82) is 0 Å². The molecular formula is C50H82BaO8. The summed E-state index contributed by atoms with van der Waals surface area (Å²) in [5.41, 5.74) is 2.39. The normalized spacial score (nSPS) is 13.1. The van der Waals surface area contributed by atoms with Crippen LogP contribution in [0, 0.1) is 0 Å². The van der Waals surface area contributed by atoms with Crippen molar-refractivity contribution in [2.75, 3.05) is 0 Å². The molecular weight excluding hydrogens is 866 g/mol. The van der Waals surface area contributed by atoms with Crippen molar-refractivity contribution in [3.63, 3.8) is 0 Å². The van der Waals surface area contributed by atoms with Gasteiger partial charge in [-0.3, -0.25) is 0 Å². The van der Waals surface area contributed by atoms with Gasteiger partial charge in [0.05, 0.1) is 37.6 Å². The number of aliphatic carboxylic acids is 2. The summed E-state index contributed by atoms with van der Waals surface area (Å²) >= 11 is 0. The second kappa shape index (κ2) is 42.1. The first kappa shape index (κ1) is 57.8. The Hall–Kier alpha value is -1.21. The van der Waals surface area contributed by atoms with Gasteiger partial charge in [0.2, 0.25) is 0 Å². The minimum Gasteiger partial charge on any atom is -0.550 e. The molecule has 0 fully saturated rings. The molecule has 0 aliphatic carbocycles. The fourth-order valence-electron chi connectivity index (χ4n) is 7.20. The molecule has 2 rings (SSSR count). The molecule has 0 saturated heterocycles. The van der Waals surface area contributed by atoms with Gasteiger partial charge in [-0.1, -0.05) is 177 Å². The Bertz CT molecular complexity index is 1110. The molecule has 59 heavy (non-hydrogen) atoms. The number of hydrogen-bond donors (Lipinski definition) is 2. The van der Waals surface area contributed by atoms with Crippen LogP contribution in [-0.2, 0) is 32.3 Å². The molecule has 2 N–H and O–H groups in total. The maximum atomic E-state index is 10.4. The predicted octanol–water partition coefficient (Wildman–Crippen LogP) is 9.95. The van der Waals surface area contributed by atoms with Crippen LogP contribution in [0.1, 0.15) is 205 Å². The van der Waals surface area contributed by atoms with E-state index in [1.165, 1.54) is 75.3 Å². The van der Waals surface area contributed by atoms with E-state index in [1.54, 1.807) is 0 Å². The van der Waals surface area contributed by atoms with Crippen LogP contribution in [0.2, 0.25) is 0 Å². The maximum Gasteiger partial charge on any atom is 2.00 e. The van der Waals surface area contributed by atoms with Crippen LogP contribution in [-0.4, -0.2) is 95.4 Å². The molecule has 332 valence electrons. The Morgan fingerprint density at radius 2 is 0.780 bits per heavy atom. The maximum absolute atomic E-state index is 10.4. The fourth-order valence-corrected chi connectivity index (χ4v) is 7.20. The molecule has 0 aliphatic rings. The van der Waals surface area contributed by atoms with E-state index in [4.69, 9.17) is 9.47 Å². The minimum atomic E-state index is -0.971. The summed E-state index contributed by atoms with van der Waals surface area (Å²) in [6.45, 7) is 5.73. The summed E-state index contributed by atoms with van der Waals surface area (Å²) in [7, 11) is 0.